The Hall–Kier alpha value is -1.91. The van der Waals surface area contributed by atoms with Gasteiger partial charge in [-0.3, -0.25) is 14.9 Å². The van der Waals surface area contributed by atoms with Gasteiger partial charge in [0.15, 0.2) is 0 Å². The molecule has 0 radical (unpaired) electrons. The van der Waals surface area contributed by atoms with Crippen molar-refractivity contribution in [1.82, 2.24) is 4.90 Å². The molecule has 0 spiro atoms. The summed E-state index contributed by atoms with van der Waals surface area (Å²) in [6.07, 6.45) is 0. The van der Waals surface area contributed by atoms with Crippen LogP contribution in [0.3, 0.4) is 0 Å². The smallest absolute Gasteiger partial charge is 0.272 e. The Balaban J connectivity index is 2.94. The maximum atomic E-state index is 12.1. The molecule has 0 atom stereocenters. The van der Waals surface area contributed by atoms with Crippen molar-refractivity contribution in [2.24, 2.45) is 5.92 Å². The molecular weight excluding hydrogens is 232 g/mol. The Bertz CT molecular complexity index is 469. The summed E-state index contributed by atoms with van der Waals surface area (Å²) in [4.78, 5) is 23.9. The molecule has 1 rings (SSSR count). The number of carbonyl (C=O) groups is 1. The summed E-state index contributed by atoms with van der Waals surface area (Å²) in [5.41, 5.74) is 1.03. The van der Waals surface area contributed by atoms with Crippen LogP contribution in [0.2, 0.25) is 0 Å². The van der Waals surface area contributed by atoms with Crippen LogP contribution in [0, 0.1) is 23.0 Å². The zero-order valence-electron chi connectivity index (χ0n) is 11.1. The number of hydrogen-bond acceptors (Lipinski definition) is 3. The Kier molecular flexibility index (Phi) is 4.42. The van der Waals surface area contributed by atoms with Crippen molar-refractivity contribution >= 4 is 11.6 Å². The normalized spacial score (nSPS) is 10.5. The molecular formula is C13H18N2O3. The number of nitrogens with zero attached hydrogens (tertiary/aromatic N) is 2. The SMILES string of the molecule is Cc1cc(C(=O)N(C)CC(C)C)ccc1[N+](=O)[O-]. The van der Waals surface area contributed by atoms with Crippen LogP contribution < -0.4 is 0 Å². The van der Waals surface area contributed by atoms with E-state index in [9.17, 15) is 14.9 Å². The predicted molar refractivity (Wildman–Crippen MR) is 69.6 cm³/mol. The van der Waals surface area contributed by atoms with Crippen molar-refractivity contribution in [3.63, 3.8) is 0 Å². The van der Waals surface area contributed by atoms with Gasteiger partial charge in [-0.1, -0.05) is 13.8 Å². The van der Waals surface area contributed by atoms with E-state index < -0.39 is 4.92 Å². The molecule has 1 amide bonds. The van der Waals surface area contributed by atoms with Crippen molar-refractivity contribution in [2.75, 3.05) is 13.6 Å². The number of nitro benzene ring substituents is 1. The maximum Gasteiger partial charge on any atom is 0.272 e. The minimum atomic E-state index is -0.443. The number of carbonyl (C=O) groups excluding carboxylic acids is 1. The zero-order valence-corrected chi connectivity index (χ0v) is 11.1. The minimum absolute atomic E-state index is 0.0399. The molecule has 0 fully saturated rings. The molecule has 0 aliphatic heterocycles. The van der Waals surface area contributed by atoms with Crippen LogP contribution in [0.1, 0.15) is 29.8 Å². The zero-order chi connectivity index (χ0) is 13.9. The number of amides is 1. The van der Waals surface area contributed by atoms with Gasteiger partial charge in [0.1, 0.15) is 0 Å². The molecule has 0 aliphatic rings. The first kappa shape index (κ1) is 14.2. The first-order valence-corrected chi connectivity index (χ1v) is 5.83. The third-order valence-corrected chi connectivity index (χ3v) is 2.63. The summed E-state index contributed by atoms with van der Waals surface area (Å²) in [5.74, 6) is 0.278. The molecule has 0 aromatic heterocycles. The molecule has 5 nitrogen and oxygen atoms in total. The second-order valence-corrected chi connectivity index (χ2v) is 4.84. The van der Waals surface area contributed by atoms with E-state index in [2.05, 4.69) is 0 Å². The Morgan fingerprint density at radius 1 is 1.44 bits per heavy atom. The molecule has 0 bridgehead atoms. The van der Waals surface area contributed by atoms with Crippen molar-refractivity contribution in [2.45, 2.75) is 20.8 Å². The van der Waals surface area contributed by atoms with E-state index in [-0.39, 0.29) is 11.6 Å². The van der Waals surface area contributed by atoms with Crippen LogP contribution in [0.4, 0.5) is 5.69 Å². The van der Waals surface area contributed by atoms with Gasteiger partial charge in [0.2, 0.25) is 0 Å². The molecule has 5 heteroatoms. The van der Waals surface area contributed by atoms with Gasteiger partial charge >= 0.3 is 0 Å². The van der Waals surface area contributed by atoms with Crippen molar-refractivity contribution in [3.8, 4) is 0 Å². The van der Waals surface area contributed by atoms with Gasteiger partial charge in [-0.15, -0.1) is 0 Å². The van der Waals surface area contributed by atoms with Crippen molar-refractivity contribution in [1.29, 1.82) is 0 Å². The van der Waals surface area contributed by atoms with Gasteiger partial charge in [0, 0.05) is 30.8 Å². The fourth-order valence-corrected chi connectivity index (χ4v) is 1.84. The standard InChI is InChI=1S/C13H18N2O3/c1-9(2)8-14(4)13(16)11-5-6-12(15(17)18)10(3)7-11/h5-7,9H,8H2,1-4H3. The quantitative estimate of drug-likeness (QED) is 0.609. The van der Waals surface area contributed by atoms with E-state index in [0.717, 1.165) is 0 Å². The van der Waals surface area contributed by atoms with E-state index in [4.69, 9.17) is 0 Å². The van der Waals surface area contributed by atoms with E-state index in [1.807, 2.05) is 13.8 Å². The van der Waals surface area contributed by atoms with Crippen LogP contribution in [-0.2, 0) is 0 Å². The highest BCUT2D eigenvalue weighted by Gasteiger charge is 2.16. The second kappa shape index (κ2) is 5.62. The molecule has 1 aromatic rings. The highest BCUT2D eigenvalue weighted by atomic mass is 16.6. The predicted octanol–water partition coefficient (Wildman–Crippen LogP) is 2.63. The first-order chi connectivity index (χ1) is 8.32. The van der Waals surface area contributed by atoms with Gasteiger partial charge in [0.05, 0.1) is 4.92 Å². The average Bonchev–Trinajstić information content (AvgIpc) is 2.26. The average molecular weight is 250 g/mol. The lowest BCUT2D eigenvalue weighted by molar-refractivity contribution is -0.385. The van der Waals surface area contributed by atoms with Gasteiger partial charge in [-0.2, -0.15) is 0 Å². The van der Waals surface area contributed by atoms with E-state index in [0.29, 0.717) is 23.6 Å². The fraction of sp³-hybridized carbons (Fsp3) is 0.462. The highest BCUT2D eigenvalue weighted by molar-refractivity contribution is 5.94. The van der Waals surface area contributed by atoms with Gasteiger partial charge in [0.25, 0.3) is 11.6 Å². The monoisotopic (exact) mass is 250 g/mol. The molecule has 0 N–H and O–H groups in total. The topological polar surface area (TPSA) is 63.5 Å². The van der Waals surface area contributed by atoms with Gasteiger partial charge in [-0.25, -0.2) is 0 Å². The summed E-state index contributed by atoms with van der Waals surface area (Å²) in [7, 11) is 1.74. The van der Waals surface area contributed by atoms with Crippen molar-refractivity contribution in [3.05, 3.63) is 39.4 Å². The Morgan fingerprint density at radius 3 is 2.50 bits per heavy atom. The number of nitro groups is 1. The second-order valence-electron chi connectivity index (χ2n) is 4.84. The van der Waals surface area contributed by atoms with Crippen LogP contribution in [-0.4, -0.2) is 29.3 Å². The maximum absolute atomic E-state index is 12.1. The van der Waals surface area contributed by atoms with E-state index in [1.165, 1.54) is 12.1 Å². The molecule has 0 saturated heterocycles. The molecule has 0 heterocycles. The largest absolute Gasteiger partial charge is 0.341 e. The van der Waals surface area contributed by atoms with E-state index in [1.54, 1.807) is 24.9 Å². The lowest BCUT2D eigenvalue weighted by atomic mass is 10.1. The molecule has 0 aliphatic carbocycles. The van der Waals surface area contributed by atoms with Crippen LogP contribution in [0.5, 0.6) is 0 Å². The van der Waals surface area contributed by atoms with Crippen LogP contribution in [0.25, 0.3) is 0 Å². The molecule has 1 aromatic carbocycles. The number of rotatable bonds is 4. The number of benzene rings is 1. The lowest BCUT2D eigenvalue weighted by Gasteiger charge is -2.19. The van der Waals surface area contributed by atoms with Gasteiger partial charge in [-0.05, 0) is 25.0 Å². The number of hydrogen-bond donors (Lipinski definition) is 0. The minimum Gasteiger partial charge on any atom is -0.341 e. The summed E-state index contributed by atoms with van der Waals surface area (Å²) < 4.78 is 0. The summed E-state index contributed by atoms with van der Waals surface area (Å²) in [6.45, 7) is 6.36. The van der Waals surface area contributed by atoms with E-state index >= 15 is 0 Å². The Labute approximate surface area is 107 Å². The summed E-state index contributed by atoms with van der Waals surface area (Å²) in [5, 5.41) is 10.7. The van der Waals surface area contributed by atoms with Gasteiger partial charge < -0.3 is 4.90 Å². The fourth-order valence-electron chi connectivity index (χ4n) is 1.84. The molecule has 98 valence electrons. The van der Waals surface area contributed by atoms with Crippen LogP contribution >= 0.6 is 0 Å². The third kappa shape index (κ3) is 3.29. The summed E-state index contributed by atoms with van der Waals surface area (Å²) >= 11 is 0. The highest BCUT2D eigenvalue weighted by Crippen LogP contribution is 2.19. The molecule has 0 saturated carbocycles. The van der Waals surface area contributed by atoms with Crippen LogP contribution in [0.15, 0.2) is 18.2 Å². The Morgan fingerprint density at radius 2 is 2.06 bits per heavy atom. The van der Waals surface area contributed by atoms with Crippen molar-refractivity contribution < 1.29 is 9.72 Å². The number of aryl methyl sites for hydroxylation is 1. The molecule has 0 unspecified atom stereocenters. The lowest BCUT2D eigenvalue weighted by Crippen LogP contribution is -2.30. The summed E-state index contributed by atoms with van der Waals surface area (Å²) in [6, 6.07) is 4.45. The first-order valence-electron chi connectivity index (χ1n) is 5.83. The molecule has 18 heavy (non-hydrogen) atoms. The third-order valence-electron chi connectivity index (χ3n) is 2.63.